The predicted molar refractivity (Wildman–Crippen MR) is 73.9 cm³/mol. The number of hydrogen-bond acceptors (Lipinski definition) is 2. The van der Waals surface area contributed by atoms with E-state index in [4.69, 9.17) is 0 Å². The van der Waals surface area contributed by atoms with Gasteiger partial charge in [0.25, 0.3) is 0 Å². The van der Waals surface area contributed by atoms with Gasteiger partial charge in [-0.25, -0.2) is 0 Å². The molecule has 0 unspecified atom stereocenters. The summed E-state index contributed by atoms with van der Waals surface area (Å²) in [6, 6.07) is 8.96. The van der Waals surface area contributed by atoms with Crippen LogP contribution >= 0.6 is 12.4 Å². The number of aryl methyl sites for hydroxylation is 1. The van der Waals surface area contributed by atoms with Gasteiger partial charge in [-0.1, -0.05) is 18.2 Å². The largest absolute Gasteiger partial charge is 0.358 e. The number of para-hydroxylation sites is 1. The van der Waals surface area contributed by atoms with Crippen molar-refractivity contribution in [3.05, 3.63) is 35.5 Å². The summed E-state index contributed by atoms with van der Waals surface area (Å²) >= 11 is 0. The van der Waals surface area contributed by atoms with Crippen molar-refractivity contribution in [1.82, 2.24) is 15.6 Å². The topological polar surface area (TPSA) is 39.9 Å². The Kier molecular flexibility index (Phi) is 3.72. The zero-order valence-electron chi connectivity index (χ0n) is 9.92. The van der Waals surface area contributed by atoms with Crippen LogP contribution in [0.2, 0.25) is 0 Å². The van der Waals surface area contributed by atoms with Crippen molar-refractivity contribution in [2.45, 2.75) is 13.0 Å². The second-order valence-corrected chi connectivity index (χ2v) is 4.42. The number of fused-ring (bicyclic) bond motifs is 1. The summed E-state index contributed by atoms with van der Waals surface area (Å²) in [5.41, 5.74) is 3.94. The minimum absolute atomic E-state index is 0. The molecule has 1 aliphatic rings. The Hall–Kier alpha value is -1.03. The van der Waals surface area contributed by atoms with Crippen molar-refractivity contribution >= 4 is 23.3 Å². The number of nitrogens with one attached hydrogen (secondary N) is 3. The smallest absolute Gasteiger partial charge is 0.0471 e. The van der Waals surface area contributed by atoms with Gasteiger partial charge in [0.1, 0.15) is 0 Å². The molecular weight excluding hydrogens is 234 g/mol. The predicted octanol–water partition coefficient (Wildman–Crippen LogP) is 2.13. The lowest BCUT2D eigenvalue weighted by atomic mass is 10.0. The lowest BCUT2D eigenvalue weighted by Crippen LogP contribution is -2.42. The van der Waals surface area contributed by atoms with E-state index in [2.05, 4.69) is 46.8 Å². The number of hydrogen-bond donors (Lipinski definition) is 3. The van der Waals surface area contributed by atoms with Crippen molar-refractivity contribution in [1.29, 1.82) is 0 Å². The van der Waals surface area contributed by atoms with Crippen LogP contribution in [0, 0.1) is 6.92 Å². The molecule has 1 aromatic carbocycles. The second kappa shape index (κ2) is 5.08. The summed E-state index contributed by atoms with van der Waals surface area (Å²) in [7, 11) is 0. The van der Waals surface area contributed by atoms with Crippen LogP contribution in [0.15, 0.2) is 24.3 Å². The average molecular weight is 252 g/mol. The van der Waals surface area contributed by atoms with Crippen LogP contribution < -0.4 is 10.6 Å². The third kappa shape index (κ3) is 2.18. The molecule has 3 nitrogen and oxygen atoms in total. The molecular formula is C13H18ClN3. The molecule has 0 aliphatic carbocycles. The molecule has 17 heavy (non-hydrogen) atoms. The fraction of sp³-hybridized carbons (Fsp3) is 0.385. The molecule has 1 atom stereocenters. The van der Waals surface area contributed by atoms with Crippen molar-refractivity contribution < 1.29 is 0 Å². The highest BCUT2D eigenvalue weighted by Crippen LogP contribution is 2.27. The summed E-state index contributed by atoms with van der Waals surface area (Å²) in [6.07, 6.45) is 0. The molecule has 2 aromatic rings. The van der Waals surface area contributed by atoms with E-state index >= 15 is 0 Å². The lowest BCUT2D eigenvalue weighted by Gasteiger charge is -2.25. The van der Waals surface area contributed by atoms with Crippen LogP contribution in [0.25, 0.3) is 10.9 Å². The zero-order chi connectivity index (χ0) is 11.0. The van der Waals surface area contributed by atoms with Gasteiger partial charge >= 0.3 is 0 Å². The summed E-state index contributed by atoms with van der Waals surface area (Å²) in [5.74, 6) is 0. The Morgan fingerprint density at radius 3 is 2.76 bits per heavy atom. The SMILES string of the molecule is Cc1[nH]c2ccccc2c1[C@H]1CNCCN1.Cl. The van der Waals surface area contributed by atoms with Gasteiger partial charge in [0.15, 0.2) is 0 Å². The molecule has 0 bridgehead atoms. The fourth-order valence-corrected chi connectivity index (χ4v) is 2.60. The molecule has 92 valence electrons. The van der Waals surface area contributed by atoms with Gasteiger partial charge in [0, 0.05) is 42.3 Å². The number of halogens is 1. The van der Waals surface area contributed by atoms with Gasteiger partial charge in [-0.15, -0.1) is 12.4 Å². The highest BCUT2D eigenvalue weighted by molar-refractivity contribution is 5.85. The third-order valence-electron chi connectivity index (χ3n) is 3.33. The molecule has 3 N–H and O–H groups in total. The van der Waals surface area contributed by atoms with E-state index in [1.54, 1.807) is 0 Å². The summed E-state index contributed by atoms with van der Waals surface area (Å²) in [5, 5.41) is 8.36. The van der Waals surface area contributed by atoms with Crippen LogP contribution in [-0.2, 0) is 0 Å². The van der Waals surface area contributed by atoms with E-state index in [9.17, 15) is 0 Å². The first kappa shape index (κ1) is 12.4. The number of piperazine rings is 1. The van der Waals surface area contributed by atoms with Gasteiger partial charge in [0.05, 0.1) is 0 Å². The Balaban J connectivity index is 0.00000108. The van der Waals surface area contributed by atoms with Crippen molar-refractivity contribution in [3.8, 4) is 0 Å². The monoisotopic (exact) mass is 251 g/mol. The van der Waals surface area contributed by atoms with Gasteiger partial charge < -0.3 is 15.6 Å². The number of aromatic amines is 1. The van der Waals surface area contributed by atoms with E-state index in [1.807, 2.05) is 0 Å². The average Bonchev–Trinajstić information content (AvgIpc) is 2.66. The van der Waals surface area contributed by atoms with E-state index < -0.39 is 0 Å². The Bertz CT molecular complexity index is 500. The normalized spacial score (nSPS) is 20.2. The molecule has 2 heterocycles. The van der Waals surface area contributed by atoms with Gasteiger partial charge in [-0.2, -0.15) is 0 Å². The van der Waals surface area contributed by atoms with Crippen molar-refractivity contribution in [3.63, 3.8) is 0 Å². The number of H-pyrrole nitrogens is 1. The highest BCUT2D eigenvalue weighted by atomic mass is 35.5. The summed E-state index contributed by atoms with van der Waals surface area (Å²) in [6.45, 7) is 5.29. The van der Waals surface area contributed by atoms with Crippen molar-refractivity contribution in [2.75, 3.05) is 19.6 Å². The molecule has 1 aliphatic heterocycles. The molecule has 0 amide bonds. The molecule has 3 rings (SSSR count). The Morgan fingerprint density at radius 2 is 2.00 bits per heavy atom. The maximum Gasteiger partial charge on any atom is 0.0471 e. The van der Waals surface area contributed by atoms with Gasteiger partial charge in [-0.3, -0.25) is 0 Å². The summed E-state index contributed by atoms with van der Waals surface area (Å²) < 4.78 is 0. The molecule has 0 radical (unpaired) electrons. The first-order valence-electron chi connectivity index (χ1n) is 5.87. The second-order valence-electron chi connectivity index (χ2n) is 4.42. The molecule has 1 saturated heterocycles. The van der Waals surface area contributed by atoms with Crippen LogP contribution in [0.4, 0.5) is 0 Å². The van der Waals surface area contributed by atoms with Gasteiger partial charge in [0.2, 0.25) is 0 Å². The zero-order valence-corrected chi connectivity index (χ0v) is 10.7. The highest BCUT2D eigenvalue weighted by Gasteiger charge is 2.19. The quantitative estimate of drug-likeness (QED) is 0.727. The molecule has 1 fully saturated rings. The number of rotatable bonds is 1. The van der Waals surface area contributed by atoms with Gasteiger partial charge in [-0.05, 0) is 18.6 Å². The van der Waals surface area contributed by atoms with Crippen LogP contribution in [0.1, 0.15) is 17.3 Å². The summed E-state index contributed by atoms with van der Waals surface area (Å²) in [4.78, 5) is 3.46. The van der Waals surface area contributed by atoms with Crippen LogP contribution in [-0.4, -0.2) is 24.6 Å². The number of aromatic nitrogens is 1. The lowest BCUT2D eigenvalue weighted by molar-refractivity contribution is 0.431. The van der Waals surface area contributed by atoms with E-state index in [1.165, 1.54) is 22.2 Å². The third-order valence-corrected chi connectivity index (χ3v) is 3.33. The Labute approximate surface area is 107 Å². The first-order valence-corrected chi connectivity index (χ1v) is 5.87. The molecule has 4 heteroatoms. The minimum Gasteiger partial charge on any atom is -0.358 e. The number of benzene rings is 1. The van der Waals surface area contributed by atoms with E-state index in [0.29, 0.717) is 6.04 Å². The molecule has 0 spiro atoms. The fourth-order valence-electron chi connectivity index (χ4n) is 2.60. The first-order chi connectivity index (χ1) is 7.86. The van der Waals surface area contributed by atoms with E-state index in [-0.39, 0.29) is 12.4 Å². The standard InChI is InChI=1S/C13H17N3.ClH/c1-9-13(12-8-14-6-7-15-12)10-4-2-3-5-11(10)16-9;/h2-5,12,14-16H,6-8H2,1H3;1H/t12-;/m1./s1. The van der Waals surface area contributed by atoms with Crippen LogP contribution in [0.5, 0.6) is 0 Å². The molecule has 0 saturated carbocycles. The molecule has 1 aromatic heterocycles. The Morgan fingerprint density at radius 1 is 1.18 bits per heavy atom. The maximum atomic E-state index is 3.57. The van der Waals surface area contributed by atoms with Crippen molar-refractivity contribution in [2.24, 2.45) is 0 Å². The maximum absolute atomic E-state index is 3.57. The van der Waals surface area contributed by atoms with E-state index in [0.717, 1.165) is 19.6 Å². The van der Waals surface area contributed by atoms with Crippen LogP contribution in [0.3, 0.4) is 0 Å². The minimum atomic E-state index is 0.